The summed E-state index contributed by atoms with van der Waals surface area (Å²) < 4.78 is 6.72. The van der Waals surface area contributed by atoms with Crippen LogP contribution < -0.4 is 0 Å². The first-order chi connectivity index (χ1) is 25.7. The van der Waals surface area contributed by atoms with Crippen molar-refractivity contribution in [3.8, 4) is 51.4 Å². The quantitative estimate of drug-likeness (QED) is 0.180. The van der Waals surface area contributed by atoms with Gasteiger partial charge in [0.1, 0.15) is 11.2 Å². The minimum absolute atomic E-state index is 0.246. The van der Waals surface area contributed by atoms with Crippen molar-refractivity contribution in [3.63, 3.8) is 0 Å². The Morgan fingerprint density at radius 2 is 1.29 bits per heavy atom. The van der Waals surface area contributed by atoms with E-state index in [1.54, 1.807) is 0 Å². The molecule has 6 heteroatoms. The second-order valence-electron chi connectivity index (χ2n) is 13.0. The van der Waals surface area contributed by atoms with Gasteiger partial charge in [0.15, 0.2) is 17.5 Å². The molecule has 0 fully saturated rings. The Morgan fingerprint density at radius 1 is 0.615 bits per heavy atom. The zero-order valence-corrected chi connectivity index (χ0v) is 28.6. The second-order valence-corrected chi connectivity index (χ2v) is 14.2. The molecule has 2 unspecified atom stereocenters. The molecule has 2 aliphatic rings. The van der Waals surface area contributed by atoms with Crippen molar-refractivity contribution in [3.05, 3.63) is 174 Å². The van der Waals surface area contributed by atoms with Crippen LogP contribution in [0.25, 0.3) is 72.8 Å². The lowest BCUT2D eigenvalue weighted by Crippen LogP contribution is -2.13. The average molecular weight is 685 g/mol. The summed E-state index contributed by atoms with van der Waals surface area (Å²) in [7, 11) is 0. The summed E-state index contributed by atoms with van der Waals surface area (Å²) in [6, 6.07) is 49.5. The Bertz CT molecular complexity index is 2740. The first-order valence-corrected chi connectivity index (χ1v) is 18.1. The molecule has 0 spiro atoms. The SMILES string of the molecule is N#Cc1cc(C2=CC=CC3c4ccccc4SC23)cc(-c2cccc3c2oc2cccc(-c4nc(-c5ccccc5)nc(-c5ccccc5)n4)c23)c1. The van der Waals surface area contributed by atoms with Crippen LogP contribution in [0.5, 0.6) is 0 Å². The Kier molecular flexibility index (Phi) is 7.19. The number of aromatic nitrogens is 3. The summed E-state index contributed by atoms with van der Waals surface area (Å²) in [6.45, 7) is 0. The van der Waals surface area contributed by atoms with Gasteiger partial charge in [-0.1, -0.05) is 127 Å². The molecule has 1 aliphatic heterocycles. The smallest absolute Gasteiger partial charge is 0.164 e. The van der Waals surface area contributed by atoms with Gasteiger partial charge in [-0.15, -0.1) is 11.8 Å². The van der Waals surface area contributed by atoms with Gasteiger partial charge in [0.25, 0.3) is 0 Å². The third-order valence-corrected chi connectivity index (χ3v) is 11.4. The monoisotopic (exact) mass is 684 g/mol. The molecule has 5 nitrogen and oxygen atoms in total. The first kappa shape index (κ1) is 30.3. The van der Waals surface area contributed by atoms with E-state index >= 15 is 0 Å². The molecule has 0 amide bonds. The molecule has 10 rings (SSSR count). The van der Waals surface area contributed by atoms with Crippen LogP contribution in [0.1, 0.15) is 22.6 Å². The number of thioether (sulfide) groups is 1. The average Bonchev–Trinajstić information content (AvgIpc) is 3.80. The molecule has 2 atom stereocenters. The Morgan fingerprint density at radius 3 is 2.06 bits per heavy atom. The second kappa shape index (κ2) is 12.3. The number of benzene rings is 6. The molecule has 1 aliphatic carbocycles. The van der Waals surface area contributed by atoms with E-state index in [1.165, 1.54) is 16.0 Å². The van der Waals surface area contributed by atoms with Gasteiger partial charge >= 0.3 is 0 Å². The predicted octanol–water partition coefficient (Wildman–Crippen LogP) is 11.5. The van der Waals surface area contributed by atoms with E-state index in [9.17, 15) is 5.26 Å². The van der Waals surface area contributed by atoms with E-state index in [0.29, 0.717) is 29.0 Å². The highest BCUT2D eigenvalue weighted by molar-refractivity contribution is 8.00. The molecule has 0 saturated heterocycles. The maximum atomic E-state index is 10.2. The highest BCUT2D eigenvalue weighted by Gasteiger charge is 2.36. The number of hydrogen-bond acceptors (Lipinski definition) is 6. The number of allylic oxidation sites excluding steroid dienone is 3. The third kappa shape index (κ3) is 5.06. The van der Waals surface area contributed by atoms with Crippen molar-refractivity contribution >= 4 is 39.3 Å². The zero-order chi connectivity index (χ0) is 34.6. The van der Waals surface area contributed by atoms with E-state index in [-0.39, 0.29) is 5.25 Å². The number of para-hydroxylation sites is 1. The van der Waals surface area contributed by atoms with Crippen molar-refractivity contribution < 1.29 is 4.42 Å². The van der Waals surface area contributed by atoms with Crippen molar-refractivity contribution in [2.24, 2.45) is 0 Å². The van der Waals surface area contributed by atoms with Gasteiger partial charge in [0.05, 0.1) is 11.6 Å². The van der Waals surface area contributed by atoms with Gasteiger partial charge in [-0.2, -0.15) is 5.26 Å². The maximum Gasteiger partial charge on any atom is 0.164 e. The summed E-state index contributed by atoms with van der Waals surface area (Å²) in [4.78, 5) is 16.3. The Balaban J connectivity index is 1.13. The lowest BCUT2D eigenvalue weighted by atomic mass is 9.84. The van der Waals surface area contributed by atoms with E-state index in [2.05, 4.69) is 72.8 Å². The molecule has 52 heavy (non-hydrogen) atoms. The molecule has 0 bridgehead atoms. The molecular weight excluding hydrogens is 657 g/mol. The van der Waals surface area contributed by atoms with Gasteiger partial charge in [-0.05, 0) is 52.6 Å². The maximum absolute atomic E-state index is 10.2. The third-order valence-electron chi connectivity index (χ3n) is 9.93. The highest BCUT2D eigenvalue weighted by Crippen LogP contribution is 2.53. The normalized spacial score (nSPS) is 16.0. The summed E-state index contributed by atoms with van der Waals surface area (Å²) in [6.07, 6.45) is 6.66. The molecule has 3 heterocycles. The first-order valence-electron chi connectivity index (χ1n) is 17.2. The van der Waals surface area contributed by atoms with Crippen LogP contribution in [0, 0.1) is 11.3 Å². The summed E-state index contributed by atoms with van der Waals surface area (Å²) >= 11 is 1.90. The summed E-state index contributed by atoms with van der Waals surface area (Å²) in [5.74, 6) is 2.08. The van der Waals surface area contributed by atoms with Gasteiger partial charge in [-0.25, -0.2) is 15.0 Å². The number of furan rings is 1. The van der Waals surface area contributed by atoms with Crippen molar-refractivity contribution in [1.82, 2.24) is 15.0 Å². The van der Waals surface area contributed by atoms with Gasteiger partial charge in [0.2, 0.25) is 0 Å². The molecule has 6 aromatic carbocycles. The fourth-order valence-electron chi connectivity index (χ4n) is 7.54. The van der Waals surface area contributed by atoms with E-state index in [1.807, 2.05) is 103 Å². The molecule has 2 aromatic heterocycles. The Labute approximate surface area is 304 Å². The van der Waals surface area contributed by atoms with E-state index < -0.39 is 0 Å². The van der Waals surface area contributed by atoms with Crippen LogP contribution in [0.4, 0.5) is 0 Å². The van der Waals surface area contributed by atoms with Crippen LogP contribution in [0.2, 0.25) is 0 Å². The predicted molar refractivity (Wildman–Crippen MR) is 210 cm³/mol. The topological polar surface area (TPSA) is 75.6 Å². The van der Waals surface area contributed by atoms with Crippen LogP contribution >= 0.6 is 11.8 Å². The molecule has 0 radical (unpaired) electrons. The molecule has 8 aromatic rings. The largest absolute Gasteiger partial charge is 0.455 e. The summed E-state index contributed by atoms with van der Waals surface area (Å²) in [5, 5.41) is 12.4. The lowest BCUT2D eigenvalue weighted by molar-refractivity contribution is 0.670. The Hall–Kier alpha value is -6.55. The minimum Gasteiger partial charge on any atom is -0.455 e. The fourth-order valence-corrected chi connectivity index (χ4v) is 9.03. The van der Waals surface area contributed by atoms with E-state index in [0.717, 1.165) is 55.3 Å². The minimum atomic E-state index is 0.246. The molecule has 0 saturated carbocycles. The lowest BCUT2D eigenvalue weighted by Gasteiger charge is -2.24. The fraction of sp³-hybridized carbons (Fsp3) is 0.0435. The van der Waals surface area contributed by atoms with Crippen LogP contribution in [-0.2, 0) is 0 Å². The molecule has 244 valence electrons. The van der Waals surface area contributed by atoms with Gasteiger partial charge in [0, 0.05) is 49.1 Å². The molecular formula is C46H28N4OS. The van der Waals surface area contributed by atoms with Crippen molar-refractivity contribution in [2.75, 3.05) is 0 Å². The van der Waals surface area contributed by atoms with Gasteiger partial charge in [-0.3, -0.25) is 0 Å². The number of nitrogens with zero attached hydrogens (tertiary/aromatic N) is 4. The highest BCUT2D eigenvalue weighted by atomic mass is 32.2. The van der Waals surface area contributed by atoms with Crippen LogP contribution in [-0.4, -0.2) is 20.2 Å². The number of rotatable bonds is 5. The zero-order valence-electron chi connectivity index (χ0n) is 27.8. The van der Waals surface area contributed by atoms with Gasteiger partial charge < -0.3 is 4.42 Å². The van der Waals surface area contributed by atoms with Crippen LogP contribution in [0.15, 0.2) is 167 Å². The summed E-state index contributed by atoms with van der Waals surface area (Å²) in [5.41, 5.74) is 10.3. The van der Waals surface area contributed by atoms with Crippen LogP contribution in [0.3, 0.4) is 0 Å². The number of nitriles is 1. The number of hydrogen-bond donors (Lipinski definition) is 0. The number of fused-ring (bicyclic) bond motifs is 6. The van der Waals surface area contributed by atoms with Crippen molar-refractivity contribution in [2.45, 2.75) is 16.1 Å². The standard InChI is InChI=1S/C46H28N4OS/c47-27-28-24-31(26-32(25-28)34-18-10-19-36-35-16-7-8-23-40(35)52-43(34)36)33-17-9-20-37-41-38(21-11-22-39(41)51-42(33)37)46-49-44(29-12-3-1-4-13-29)48-45(50-46)30-14-5-2-6-15-30/h1-26,36,43H. The molecule has 0 N–H and O–H groups in total. The van der Waals surface area contributed by atoms with Crippen molar-refractivity contribution in [1.29, 1.82) is 5.26 Å². The van der Waals surface area contributed by atoms with E-state index in [4.69, 9.17) is 19.4 Å².